The zero-order valence-electron chi connectivity index (χ0n) is 27.2. The van der Waals surface area contributed by atoms with E-state index in [4.69, 9.17) is 19.4 Å². The summed E-state index contributed by atoms with van der Waals surface area (Å²) in [5, 5.41) is 5.59. The van der Waals surface area contributed by atoms with Crippen molar-refractivity contribution in [1.29, 1.82) is 0 Å². The van der Waals surface area contributed by atoms with E-state index < -0.39 is 0 Å². The van der Waals surface area contributed by atoms with Gasteiger partial charge in [0.1, 0.15) is 5.69 Å². The summed E-state index contributed by atoms with van der Waals surface area (Å²) in [5.74, 6) is 3.81. The molecule has 5 heteroatoms. The summed E-state index contributed by atoms with van der Waals surface area (Å²) in [6, 6.07) is 56.6. The van der Waals surface area contributed by atoms with Crippen LogP contribution in [-0.2, 0) is 0 Å². The molecule has 11 rings (SSSR count). The lowest BCUT2D eigenvalue weighted by Gasteiger charge is -2.38. The molecule has 0 aliphatic carbocycles. The number of nitrogens with zero attached hydrogens (tertiary/aromatic N) is 3. The van der Waals surface area contributed by atoms with Crippen molar-refractivity contribution in [2.24, 2.45) is 0 Å². The molecule has 2 aliphatic heterocycles. The van der Waals surface area contributed by atoms with Gasteiger partial charge in [-0.3, -0.25) is 4.90 Å². The summed E-state index contributed by atoms with van der Waals surface area (Å²) in [4.78, 5) is 12.6. The van der Waals surface area contributed by atoms with Gasteiger partial charge in [0, 0.05) is 21.9 Å². The molecule has 0 amide bonds. The van der Waals surface area contributed by atoms with E-state index in [1.807, 2.05) is 24.3 Å². The number of anilines is 3. The summed E-state index contributed by atoms with van der Waals surface area (Å²) in [5.41, 5.74) is 8.79. The van der Waals surface area contributed by atoms with Crippen LogP contribution in [0.2, 0.25) is 0 Å². The second-order valence-electron chi connectivity index (χ2n) is 13.0. The first-order chi connectivity index (χ1) is 25.2. The topological polar surface area (TPSA) is 47.5 Å². The number of ether oxygens (including phenoxy) is 2. The van der Waals surface area contributed by atoms with Gasteiger partial charge < -0.3 is 9.47 Å². The van der Waals surface area contributed by atoms with Crippen LogP contribution in [0, 0.1) is 0 Å². The minimum atomic E-state index is 0.688. The molecular weight excluding hydrogens is 627 g/mol. The van der Waals surface area contributed by atoms with Crippen molar-refractivity contribution in [2.45, 2.75) is 0 Å². The van der Waals surface area contributed by atoms with E-state index in [1.54, 1.807) is 0 Å². The van der Waals surface area contributed by atoms with Gasteiger partial charge in [0.2, 0.25) is 0 Å². The molecule has 0 radical (unpaired) electrons. The normalized spacial score (nSPS) is 12.6. The van der Waals surface area contributed by atoms with E-state index in [9.17, 15) is 0 Å². The van der Waals surface area contributed by atoms with Gasteiger partial charge in [-0.25, -0.2) is 9.97 Å². The van der Waals surface area contributed by atoms with Gasteiger partial charge in [-0.2, -0.15) is 0 Å². The quantitative estimate of drug-likeness (QED) is 0.178. The summed E-state index contributed by atoms with van der Waals surface area (Å²) in [7, 11) is 0. The Bertz CT molecular complexity index is 2870. The minimum absolute atomic E-state index is 0.688. The van der Waals surface area contributed by atoms with Crippen LogP contribution in [0.15, 0.2) is 164 Å². The van der Waals surface area contributed by atoms with Crippen molar-refractivity contribution in [2.75, 3.05) is 4.90 Å². The molecule has 0 unspecified atom stereocenters. The maximum Gasteiger partial charge on any atom is 0.160 e. The van der Waals surface area contributed by atoms with Gasteiger partial charge >= 0.3 is 0 Å². The Morgan fingerprint density at radius 2 is 1.06 bits per heavy atom. The molecule has 0 spiro atoms. The van der Waals surface area contributed by atoms with Crippen LogP contribution in [0.3, 0.4) is 0 Å². The summed E-state index contributed by atoms with van der Waals surface area (Å²) >= 11 is 0. The Hall–Kier alpha value is -6.98. The molecule has 51 heavy (non-hydrogen) atoms. The number of hydrogen-bond donors (Lipinski definition) is 0. The predicted molar refractivity (Wildman–Crippen MR) is 206 cm³/mol. The molecule has 0 saturated carbocycles. The lowest BCUT2D eigenvalue weighted by atomic mass is 9.99. The highest BCUT2D eigenvalue weighted by Crippen LogP contribution is 2.61. The average Bonchev–Trinajstić information content (AvgIpc) is 3.19. The highest BCUT2D eigenvalue weighted by molar-refractivity contribution is 6.09. The molecule has 0 bridgehead atoms. The lowest BCUT2D eigenvalue weighted by molar-refractivity contribution is 0.446. The second-order valence-corrected chi connectivity index (χ2v) is 13.0. The molecule has 9 aromatic rings. The molecule has 0 atom stereocenters. The van der Waals surface area contributed by atoms with Gasteiger partial charge in [0.25, 0.3) is 0 Å². The van der Waals surface area contributed by atoms with E-state index in [0.717, 1.165) is 100 Å². The molecule has 5 nitrogen and oxygen atoms in total. The Morgan fingerprint density at radius 1 is 0.392 bits per heavy atom. The molecule has 0 fully saturated rings. The molecule has 2 aliphatic rings. The highest BCUT2D eigenvalue weighted by Gasteiger charge is 2.35. The zero-order chi connectivity index (χ0) is 33.5. The maximum absolute atomic E-state index is 6.69. The fourth-order valence-electron chi connectivity index (χ4n) is 7.55. The molecule has 3 heterocycles. The fraction of sp³-hybridized carbons (Fsp3) is 0. The third kappa shape index (κ3) is 4.35. The Morgan fingerprint density at radius 3 is 1.88 bits per heavy atom. The standard InChI is InChI=1S/C46H27N3O2/c1-2-11-30(12-3-1)43-36-23-22-29-10-6-7-15-35(29)44(36)48-46(47-43)31-20-18-28(19-21-31)34-26-41-45-42(27-34)51-40-25-33-14-5-4-13-32(33)24-38(40)49(45)37-16-8-9-17-39(37)50-41/h1-27H. The number of hydrogen-bond acceptors (Lipinski definition) is 5. The SMILES string of the molecule is c1ccc(-c2nc(-c3ccc(-c4cc5c6c(c4)Oc4cc7ccccc7cc4N6c4ccccc4O5)cc3)nc3c2ccc2ccccc23)cc1. The average molecular weight is 654 g/mol. The van der Waals surface area contributed by atoms with Gasteiger partial charge in [-0.1, -0.05) is 121 Å². The van der Waals surface area contributed by atoms with E-state index in [0.29, 0.717) is 5.82 Å². The summed E-state index contributed by atoms with van der Waals surface area (Å²) in [6.45, 7) is 0. The second kappa shape index (κ2) is 10.8. The van der Waals surface area contributed by atoms with Crippen molar-refractivity contribution < 1.29 is 9.47 Å². The molecule has 0 N–H and O–H groups in total. The first-order valence-corrected chi connectivity index (χ1v) is 17.1. The largest absolute Gasteiger partial charge is 0.453 e. The van der Waals surface area contributed by atoms with Crippen molar-refractivity contribution in [3.05, 3.63) is 164 Å². The van der Waals surface area contributed by atoms with E-state index in [2.05, 4.69) is 144 Å². The molecule has 1 aromatic heterocycles. The fourth-order valence-corrected chi connectivity index (χ4v) is 7.55. The third-order valence-electron chi connectivity index (χ3n) is 9.99. The smallest absolute Gasteiger partial charge is 0.160 e. The number of benzene rings is 8. The van der Waals surface area contributed by atoms with E-state index in [-0.39, 0.29) is 0 Å². The predicted octanol–water partition coefficient (Wildman–Crippen LogP) is 12.6. The molecule has 238 valence electrons. The number of aromatic nitrogens is 2. The Kier molecular flexibility index (Phi) is 5.89. The Balaban J connectivity index is 1.04. The number of para-hydroxylation sites is 2. The van der Waals surface area contributed by atoms with Gasteiger partial charge in [0.15, 0.2) is 28.8 Å². The highest BCUT2D eigenvalue weighted by atomic mass is 16.5. The van der Waals surface area contributed by atoms with Crippen LogP contribution < -0.4 is 14.4 Å². The first kappa shape index (κ1) is 27.9. The van der Waals surface area contributed by atoms with Crippen LogP contribution in [0.25, 0.3) is 66.2 Å². The van der Waals surface area contributed by atoms with E-state index >= 15 is 0 Å². The van der Waals surface area contributed by atoms with Crippen molar-refractivity contribution in [1.82, 2.24) is 9.97 Å². The van der Waals surface area contributed by atoms with Gasteiger partial charge in [-0.05, 0) is 69.8 Å². The molecule has 0 saturated heterocycles. The Labute approximate surface area is 293 Å². The van der Waals surface area contributed by atoms with Crippen LogP contribution in [0.5, 0.6) is 23.0 Å². The van der Waals surface area contributed by atoms with Crippen LogP contribution in [-0.4, -0.2) is 9.97 Å². The molecule has 8 aromatic carbocycles. The lowest BCUT2D eigenvalue weighted by Crippen LogP contribution is -2.20. The van der Waals surface area contributed by atoms with Crippen molar-refractivity contribution in [3.63, 3.8) is 0 Å². The summed E-state index contributed by atoms with van der Waals surface area (Å²) in [6.07, 6.45) is 0. The summed E-state index contributed by atoms with van der Waals surface area (Å²) < 4.78 is 13.3. The minimum Gasteiger partial charge on any atom is -0.453 e. The van der Waals surface area contributed by atoms with Gasteiger partial charge in [-0.15, -0.1) is 0 Å². The first-order valence-electron chi connectivity index (χ1n) is 17.1. The number of rotatable bonds is 3. The number of fused-ring (bicyclic) bond motifs is 8. The van der Waals surface area contributed by atoms with Crippen LogP contribution in [0.4, 0.5) is 17.1 Å². The van der Waals surface area contributed by atoms with Crippen molar-refractivity contribution >= 4 is 49.5 Å². The third-order valence-corrected chi connectivity index (χ3v) is 9.99. The van der Waals surface area contributed by atoms with Gasteiger partial charge in [0.05, 0.1) is 22.6 Å². The zero-order valence-corrected chi connectivity index (χ0v) is 27.2. The monoisotopic (exact) mass is 653 g/mol. The van der Waals surface area contributed by atoms with Crippen molar-refractivity contribution in [3.8, 4) is 56.8 Å². The molecular formula is C46H27N3O2. The van der Waals surface area contributed by atoms with Crippen LogP contribution in [0.1, 0.15) is 0 Å². The van der Waals surface area contributed by atoms with Crippen LogP contribution >= 0.6 is 0 Å². The maximum atomic E-state index is 6.69. The van der Waals surface area contributed by atoms with E-state index in [1.165, 1.54) is 0 Å².